The minimum absolute atomic E-state index is 0.0295. The van der Waals surface area contributed by atoms with Crippen molar-refractivity contribution in [1.82, 2.24) is 39.4 Å². The van der Waals surface area contributed by atoms with Crippen LogP contribution < -0.4 is 11.1 Å². The average molecular weight is 469 g/mol. The number of fused-ring (bicyclic) bond motifs is 2. The topological polar surface area (TPSA) is 258 Å². The Hall–Kier alpha value is -5.75. The van der Waals surface area contributed by atoms with E-state index in [1.54, 1.807) is 0 Å². The van der Waals surface area contributed by atoms with Crippen molar-refractivity contribution in [3.05, 3.63) is 75.8 Å². The normalized spacial score (nSPS) is 11.3. The molecular formula is C15H7N11O8. The first-order chi connectivity index (χ1) is 16.2. The first-order valence-corrected chi connectivity index (χ1v) is 8.90. The smallest absolute Gasteiger partial charge is 0.270 e. The van der Waals surface area contributed by atoms with E-state index in [1.165, 1.54) is 6.20 Å². The zero-order valence-corrected chi connectivity index (χ0v) is 16.2. The fraction of sp³-hybridized carbons (Fsp3) is 0. The van der Waals surface area contributed by atoms with E-state index in [0.717, 1.165) is 27.6 Å². The second-order valence-electron chi connectivity index (χ2n) is 6.72. The maximum Gasteiger partial charge on any atom is 0.379 e. The molecule has 0 radical (unpaired) electrons. The molecule has 0 fully saturated rings. The molecule has 34 heavy (non-hydrogen) atoms. The van der Waals surface area contributed by atoms with Crippen LogP contribution in [0.5, 0.6) is 0 Å². The number of hydrogen-bond donors (Lipinski definition) is 3. The van der Waals surface area contributed by atoms with Crippen molar-refractivity contribution in [2.45, 2.75) is 0 Å². The van der Waals surface area contributed by atoms with Crippen LogP contribution in [0.25, 0.3) is 33.8 Å². The van der Waals surface area contributed by atoms with Gasteiger partial charge in [0.15, 0.2) is 5.69 Å². The maximum absolute atomic E-state index is 11.9. The van der Waals surface area contributed by atoms with Crippen molar-refractivity contribution < 1.29 is 14.8 Å². The zero-order chi connectivity index (χ0) is 24.3. The molecule has 5 aromatic heterocycles. The van der Waals surface area contributed by atoms with Crippen LogP contribution in [0.3, 0.4) is 0 Å². The van der Waals surface area contributed by atoms with Crippen LogP contribution in [0.2, 0.25) is 0 Å². The highest BCUT2D eigenvalue weighted by Gasteiger charge is 2.30. The molecule has 0 aliphatic heterocycles. The molecule has 0 aliphatic rings. The molecule has 3 N–H and O–H groups in total. The molecule has 19 heteroatoms. The quantitative estimate of drug-likeness (QED) is 0.230. The summed E-state index contributed by atoms with van der Waals surface area (Å²) in [4.78, 5) is 62.7. The summed E-state index contributed by atoms with van der Waals surface area (Å²) in [7, 11) is 0. The van der Waals surface area contributed by atoms with Crippen molar-refractivity contribution in [3.63, 3.8) is 0 Å². The van der Waals surface area contributed by atoms with E-state index in [1.807, 2.05) is 0 Å². The number of nitrogens with one attached hydrogen (secondary N) is 3. The van der Waals surface area contributed by atoms with E-state index < -0.39 is 43.0 Å². The van der Waals surface area contributed by atoms with Crippen molar-refractivity contribution in [1.29, 1.82) is 0 Å². The molecule has 0 bridgehead atoms. The van der Waals surface area contributed by atoms with Crippen molar-refractivity contribution in [3.8, 4) is 22.5 Å². The molecule has 0 spiro atoms. The predicted molar refractivity (Wildman–Crippen MR) is 108 cm³/mol. The second kappa shape index (κ2) is 6.88. The monoisotopic (exact) mass is 469 g/mol. The van der Waals surface area contributed by atoms with Crippen LogP contribution in [0, 0.1) is 30.3 Å². The SMILES string of the molecule is O=c1[nH]n2cc(-c3n[nH]c(-c4cnc5c([N+](=O)[O-])c(=O)[nH]n5c4)c3[N+](=O)[O-])cnc2c1[N+](=O)[O-]. The number of H-pyrrole nitrogens is 3. The van der Waals surface area contributed by atoms with Gasteiger partial charge in [0.2, 0.25) is 11.3 Å². The van der Waals surface area contributed by atoms with Gasteiger partial charge in [-0.05, 0) is 0 Å². The average Bonchev–Trinajstić information content (AvgIpc) is 3.43. The van der Waals surface area contributed by atoms with Crippen LogP contribution in [-0.2, 0) is 0 Å². The summed E-state index contributed by atoms with van der Waals surface area (Å²) in [5.41, 5.74) is -5.05. The molecule has 0 saturated heterocycles. The molecule has 5 heterocycles. The molecule has 5 aromatic rings. The van der Waals surface area contributed by atoms with Gasteiger partial charge in [-0.25, -0.2) is 19.0 Å². The largest absolute Gasteiger partial charge is 0.379 e. The van der Waals surface area contributed by atoms with Crippen LogP contribution in [0.1, 0.15) is 0 Å². The van der Waals surface area contributed by atoms with Crippen molar-refractivity contribution in [2.24, 2.45) is 0 Å². The van der Waals surface area contributed by atoms with E-state index in [2.05, 4.69) is 30.4 Å². The fourth-order valence-corrected chi connectivity index (χ4v) is 3.40. The number of rotatable bonds is 5. The summed E-state index contributed by atoms with van der Waals surface area (Å²) in [6.07, 6.45) is 4.48. The van der Waals surface area contributed by atoms with Gasteiger partial charge in [-0.2, -0.15) is 5.10 Å². The fourth-order valence-electron chi connectivity index (χ4n) is 3.40. The predicted octanol–water partition coefficient (Wildman–Crippen LogP) is 0.140. The standard InChI is InChI=1S/C15H7N11O8/c27-14-10(25(31)32)12-16-1-5(3-22(12)20-14)7-9(24(29)30)8(19-18-7)6-2-17-13-11(26(33)34)15(28)21-23(13)4-6/h1-4H,(H,18,19)(H,20,27)(H,21,28). The summed E-state index contributed by atoms with van der Waals surface area (Å²) >= 11 is 0. The highest BCUT2D eigenvalue weighted by molar-refractivity contribution is 5.81. The minimum atomic E-state index is -1.01. The molecule has 0 aromatic carbocycles. The third kappa shape index (κ3) is 2.80. The molecule has 170 valence electrons. The van der Waals surface area contributed by atoms with Gasteiger partial charge in [-0.1, -0.05) is 0 Å². The Morgan fingerprint density at radius 2 is 1.21 bits per heavy atom. The van der Waals surface area contributed by atoms with Crippen LogP contribution in [-0.4, -0.2) is 54.2 Å². The van der Waals surface area contributed by atoms with E-state index in [4.69, 9.17) is 0 Å². The molecule has 0 aliphatic carbocycles. The molecule has 0 unspecified atom stereocenters. The van der Waals surface area contributed by atoms with Crippen molar-refractivity contribution >= 4 is 28.4 Å². The highest BCUT2D eigenvalue weighted by Crippen LogP contribution is 2.36. The summed E-state index contributed by atoms with van der Waals surface area (Å²) in [6, 6.07) is 0. The highest BCUT2D eigenvalue weighted by atomic mass is 16.6. The Morgan fingerprint density at radius 3 is 1.71 bits per heavy atom. The van der Waals surface area contributed by atoms with Gasteiger partial charge in [0.1, 0.15) is 5.69 Å². The molecular weight excluding hydrogens is 462 g/mol. The van der Waals surface area contributed by atoms with E-state index in [0.29, 0.717) is 0 Å². The van der Waals surface area contributed by atoms with Gasteiger partial charge >= 0.3 is 28.2 Å². The van der Waals surface area contributed by atoms with Gasteiger partial charge < -0.3 is 0 Å². The van der Waals surface area contributed by atoms with Gasteiger partial charge in [-0.15, -0.1) is 0 Å². The summed E-state index contributed by atoms with van der Waals surface area (Å²) in [6.45, 7) is 0. The first-order valence-electron chi connectivity index (χ1n) is 8.90. The lowest BCUT2D eigenvalue weighted by molar-refractivity contribution is -0.384. The Labute approximate surface area is 181 Å². The minimum Gasteiger partial charge on any atom is -0.270 e. The van der Waals surface area contributed by atoms with Crippen LogP contribution >= 0.6 is 0 Å². The zero-order valence-electron chi connectivity index (χ0n) is 16.2. The number of aromatic amines is 3. The molecule has 0 atom stereocenters. The van der Waals surface area contributed by atoms with Gasteiger partial charge in [0, 0.05) is 35.9 Å². The maximum atomic E-state index is 11.9. The summed E-state index contributed by atoms with van der Waals surface area (Å²) in [5.74, 6) is 0. The van der Waals surface area contributed by atoms with E-state index in [-0.39, 0.29) is 33.8 Å². The molecule has 0 amide bonds. The number of aromatic nitrogens is 8. The molecule has 0 saturated carbocycles. The van der Waals surface area contributed by atoms with Gasteiger partial charge in [0.25, 0.3) is 0 Å². The lowest BCUT2D eigenvalue weighted by Crippen LogP contribution is -2.05. The lowest BCUT2D eigenvalue weighted by Gasteiger charge is -2.01. The van der Waals surface area contributed by atoms with E-state index >= 15 is 0 Å². The Kier molecular flexibility index (Phi) is 4.08. The van der Waals surface area contributed by atoms with E-state index in [9.17, 15) is 39.9 Å². The van der Waals surface area contributed by atoms with Gasteiger partial charge in [0.05, 0.1) is 14.8 Å². The van der Waals surface area contributed by atoms with Crippen molar-refractivity contribution in [2.75, 3.05) is 0 Å². The third-order valence-corrected chi connectivity index (χ3v) is 4.79. The third-order valence-electron chi connectivity index (χ3n) is 4.79. The summed E-state index contributed by atoms with van der Waals surface area (Å²) < 4.78 is 1.88. The van der Waals surface area contributed by atoms with Gasteiger partial charge in [-0.3, -0.25) is 55.2 Å². The van der Waals surface area contributed by atoms with Crippen LogP contribution in [0.15, 0.2) is 34.4 Å². The Bertz CT molecular complexity index is 1680. The Morgan fingerprint density at radius 1 is 0.735 bits per heavy atom. The number of hydrogen-bond acceptors (Lipinski definition) is 11. The second-order valence-corrected chi connectivity index (χ2v) is 6.72. The van der Waals surface area contributed by atoms with Crippen LogP contribution in [0.4, 0.5) is 17.1 Å². The first kappa shape index (κ1) is 20.2. The Balaban J connectivity index is 1.67. The number of nitro groups is 3. The number of nitrogens with zero attached hydrogens (tertiary/aromatic N) is 8. The lowest BCUT2D eigenvalue weighted by atomic mass is 10.1. The molecule has 5 rings (SSSR count). The summed E-state index contributed by atoms with van der Waals surface area (Å²) in [5, 5.41) is 44.8. The molecule has 19 nitrogen and oxygen atoms in total.